The highest BCUT2D eigenvalue weighted by Gasteiger charge is 2.46. The van der Waals surface area contributed by atoms with Crippen LogP contribution in [0.1, 0.15) is 64.7 Å². The SMILES string of the molecule is CCCCC[C@H](O)/C=C/[C@@H]1[C@H]2CO[C@H](C2)[C@H]1C/C=C/CCCC(=O)O. The first kappa shape index (κ1) is 20.2. The van der Waals surface area contributed by atoms with E-state index in [-0.39, 0.29) is 12.5 Å². The minimum atomic E-state index is -0.724. The molecule has 5 atom stereocenters. The van der Waals surface area contributed by atoms with E-state index in [0.717, 1.165) is 38.7 Å². The maximum atomic E-state index is 10.5. The van der Waals surface area contributed by atoms with Gasteiger partial charge in [-0.05, 0) is 49.9 Å². The van der Waals surface area contributed by atoms with E-state index in [4.69, 9.17) is 9.84 Å². The summed E-state index contributed by atoms with van der Waals surface area (Å²) < 4.78 is 5.88. The number of carboxylic acids is 1. The summed E-state index contributed by atoms with van der Waals surface area (Å²) in [4.78, 5) is 10.5. The Morgan fingerprint density at radius 3 is 2.88 bits per heavy atom. The van der Waals surface area contributed by atoms with E-state index in [1.54, 1.807) is 0 Å². The molecule has 0 unspecified atom stereocenters. The third kappa shape index (κ3) is 6.59. The number of carboxylic acid groups (broad SMARTS) is 1. The molecule has 0 aromatic heterocycles. The Morgan fingerprint density at radius 2 is 2.12 bits per heavy atom. The van der Waals surface area contributed by atoms with Gasteiger partial charge >= 0.3 is 5.97 Å². The maximum absolute atomic E-state index is 10.5. The Morgan fingerprint density at radius 1 is 1.28 bits per heavy atom. The molecule has 2 fully saturated rings. The minimum Gasteiger partial charge on any atom is -0.481 e. The number of allylic oxidation sites excluding steroid dienone is 3. The van der Waals surface area contributed by atoms with E-state index in [9.17, 15) is 9.90 Å². The first-order valence-electron chi connectivity index (χ1n) is 9.96. The highest BCUT2D eigenvalue weighted by atomic mass is 16.5. The second kappa shape index (κ2) is 10.8. The molecule has 0 radical (unpaired) electrons. The molecule has 2 rings (SSSR count). The fourth-order valence-corrected chi connectivity index (χ4v) is 4.15. The van der Waals surface area contributed by atoms with Gasteiger partial charge in [-0.15, -0.1) is 0 Å². The number of carbonyl (C=O) groups is 1. The summed E-state index contributed by atoms with van der Waals surface area (Å²) in [6, 6.07) is 0. The van der Waals surface area contributed by atoms with E-state index in [1.807, 2.05) is 6.08 Å². The molecule has 0 aromatic rings. The lowest BCUT2D eigenvalue weighted by Crippen LogP contribution is -2.27. The van der Waals surface area contributed by atoms with E-state index in [1.165, 1.54) is 12.8 Å². The third-order valence-corrected chi connectivity index (χ3v) is 5.57. The lowest BCUT2D eigenvalue weighted by Gasteiger charge is -2.28. The Balaban J connectivity index is 1.78. The highest BCUT2D eigenvalue weighted by molar-refractivity contribution is 5.66. The number of hydrogen-bond acceptors (Lipinski definition) is 3. The molecular formula is C21H34O4. The highest BCUT2D eigenvalue weighted by Crippen LogP contribution is 2.47. The van der Waals surface area contributed by atoms with E-state index in [2.05, 4.69) is 25.2 Å². The quantitative estimate of drug-likeness (QED) is 0.406. The Hall–Kier alpha value is -1.13. The molecule has 1 saturated carbocycles. The topological polar surface area (TPSA) is 66.8 Å². The van der Waals surface area contributed by atoms with Crippen LogP contribution in [-0.2, 0) is 9.53 Å². The zero-order chi connectivity index (χ0) is 18.1. The lowest BCUT2D eigenvalue weighted by atomic mass is 9.85. The first-order chi connectivity index (χ1) is 12.1. The van der Waals surface area contributed by atoms with E-state index < -0.39 is 5.97 Å². The number of fused-ring (bicyclic) bond motifs is 2. The molecule has 25 heavy (non-hydrogen) atoms. The van der Waals surface area contributed by atoms with Crippen molar-refractivity contribution in [3.63, 3.8) is 0 Å². The van der Waals surface area contributed by atoms with Crippen LogP contribution in [-0.4, -0.2) is 35.0 Å². The van der Waals surface area contributed by atoms with Crippen LogP contribution in [0, 0.1) is 17.8 Å². The number of aliphatic carboxylic acids is 1. The molecule has 0 spiro atoms. The number of unbranched alkanes of at least 4 members (excludes halogenated alkanes) is 3. The van der Waals surface area contributed by atoms with Crippen LogP contribution in [0.5, 0.6) is 0 Å². The molecule has 2 aliphatic rings. The molecular weight excluding hydrogens is 316 g/mol. The molecule has 0 amide bonds. The summed E-state index contributed by atoms with van der Waals surface area (Å²) in [5, 5.41) is 18.8. The van der Waals surface area contributed by atoms with Crippen molar-refractivity contribution in [1.82, 2.24) is 0 Å². The van der Waals surface area contributed by atoms with Crippen molar-refractivity contribution in [2.75, 3.05) is 6.61 Å². The smallest absolute Gasteiger partial charge is 0.303 e. The number of aliphatic hydroxyl groups excluding tert-OH is 1. The van der Waals surface area contributed by atoms with Crippen molar-refractivity contribution in [2.24, 2.45) is 17.8 Å². The molecule has 1 aliphatic heterocycles. The van der Waals surface area contributed by atoms with Gasteiger partial charge in [0, 0.05) is 6.42 Å². The van der Waals surface area contributed by atoms with Gasteiger partial charge in [0.1, 0.15) is 0 Å². The molecule has 1 aliphatic carbocycles. The predicted molar refractivity (Wildman–Crippen MR) is 99.4 cm³/mol. The van der Waals surface area contributed by atoms with Crippen molar-refractivity contribution >= 4 is 5.97 Å². The third-order valence-electron chi connectivity index (χ3n) is 5.57. The minimum absolute atomic E-state index is 0.239. The Kier molecular flexibility index (Phi) is 8.70. The van der Waals surface area contributed by atoms with Crippen LogP contribution in [0.4, 0.5) is 0 Å². The van der Waals surface area contributed by atoms with Gasteiger partial charge in [-0.25, -0.2) is 0 Å². The van der Waals surface area contributed by atoms with E-state index in [0.29, 0.717) is 30.3 Å². The average molecular weight is 350 g/mol. The molecule has 4 heteroatoms. The molecule has 4 nitrogen and oxygen atoms in total. The number of rotatable bonds is 12. The van der Waals surface area contributed by atoms with Gasteiger partial charge in [0.15, 0.2) is 0 Å². The van der Waals surface area contributed by atoms with Gasteiger partial charge < -0.3 is 14.9 Å². The molecule has 1 heterocycles. The summed E-state index contributed by atoms with van der Waals surface area (Å²) in [5.74, 6) is 0.865. The number of ether oxygens (including phenoxy) is 1. The maximum Gasteiger partial charge on any atom is 0.303 e. The lowest BCUT2D eigenvalue weighted by molar-refractivity contribution is -0.137. The normalized spacial score (nSPS) is 29.8. The number of aliphatic hydroxyl groups is 1. The summed E-state index contributed by atoms with van der Waals surface area (Å²) in [5.41, 5.74) is 0. The fourth-order valence-electron chi connectivity index (χ4n) is 4.15. The van der Waals surface area contributed by atoms with Gasteiger partial charge in [-0.3, -0.25) is 4.79 Å². The monoisotopic (exact) mass is 350 g/mol. The zero-order valence-corrected chi connectivity index (χ0v) is 15.5. The first-order valence-corrected chi connectivity index (χ1v) is 9.96. The summed E-state index contributed by atoms with van der Waals surface area (Å²) in [6.45, 7) is 3.03. The summed E-state index contributed by atoms with van der Waals surface area (Å²) in [7, 11) is 0. The van der Waals surface area contributed by atoms with Crippen LogP contribution in [0.15, 0.2) is 24.3 Å². The average Bonchev–Trinajstić information content (AvgIpc) is 3.17. The molecule has 1 saturated heterocycles. The molecule has 2 N–H and O–H groups in total. The van der Waals surface area contributed by atoms with Gasteiger partial charge in [0.05, 0.1) is 18.8 Å². The number of hydrogen-bond donors (Lipinski definition) is 2. The van der Waals surface area contributed by atoms with Crippen molar-refractivity contribution in [3.8, 4) is 0 Å². The van der Waals surface area contributed by atoms with E-state index >= 15 is 0 Å². The predicted octanol–water partition coefficient (Wildman–Crippen LogP) is 4.34. The van der Waals surface area contributed by atoms with Crippen LogP contribution in [0.2, 0.25) is 0 Å². The second-order valence-corrected chi connectivity index (χ2v) is 7.55. The molecule has 2 bridgehead atoms. The van der Waals surface area contributed by atoms with Gasteiger partial charge in [-0.1, -0.05) is 50.5 Å². The van der Waals surface area contributed by atoms with Crippen molar-refractivity contribution in [3.05, 3.63) is 24.3 Å². The standard InChI is InChI=1S/C21H34O4/c1-2-3-6-9-17(22)12-13-18-16-14-20(25-15-16)19(18)10-7-4-5-8-11-21(23)24/h4,7,12-13,16-20,22H,2-3,5-6,8-11,14-15H2,1H3,(H,23,24)/b7-4+,13-12+/t16-,17+,18-,19+,20-/m1/s1. The van der Waals surface area contributed by atoms with Crippen LogP contribution < -0.4 is 0 Å². The van der Waals surface area contributed by atoms with Crippen molar-refractivity contribution in [1.29, 1.82) is 0 Å². The summed E-state index contributed by atoms with van der Waals surface area (Å²) >= 11 is 0. The van der Waals surface area contributed by atoms with Gasteiger partial charge in [0.2, 0.25) is 0 Å². The second-order valence-electron chi connectivity index (χ2n) is 7.55. The van der Waals surface area contributed by atoms with Gasteiger partial charge in [0.25, 0.3) is 0 Å². The van der Waals surface area contributed by atoms with Crippen LogP contribution >= 0.6 is 0 Å². The van der Waals surface area contributed by atoms with Gasteiger partial charge in [-0.2, -0.15) is 0 Å². The van der Waals surface area contributed by atoms with Crippen LogP contribution in [0.25, 0.3) is 0 Å². The molecule has 0 aromatic carbocycles. The largest absolute Gasteiger partial charge is 0.481 e. The van der Waals surface area contributed by atoms with Crippen molar-refractivity contribution in [2.45, 2.75) is 76.9 Å². The van der Waals surface area contributed by atoms with Crippen LogP contribution in [0.3, 0.4) is 0 Å². The zero-order valence-electron chi connectivity index (χ0n) is 15.5. The summed E-state index contributed by atoms with van der Waals surface area (Å²) in [6.07, 6.45) is 16.8. The van der Waals surface area contributed by atoms with Crippen molar-refractivity contribution < 1.29 is 19.7 Å². The fraction of sp³-hybridized carbons (Fsp3) is 0.762. The Labute approximate surface area is 152 Å². The molecule has 142 valence electrons. The Bertz CT molecular complexity index is 457.